The van der Waals surface area contributed by atoms with Crippen molar-refractivity contribution in [3.05, 3.63) is 65.0 Å². The van der Waals surface area contributed by atoms with Crippen LogP contribution in [0, 0.1) is 12.7 Å². The summed E-state index contributed by atoms with van der Waals surface area (Å²) >= 11 is 0. The molecule has 0 aliphatic rings. The summed E-state index contributed by atoms with van der Waals surface area (Å²) in [5, 5.41) is 11.5. The van der Waals surface area contributed by atoms with Gasteiger partial charge in [-0.3, -0.25) is 0 Å². The fourth-order valence-electron chi connectivity index (χ4n) is 1.66. The van der Waals surface area contributed by atoms with E-state index in [1.54, 1.807) is 43.3 Å². The van der Waals surface area contributed by atoms with E-state index >= 15 is 0 Å². The first-order valence-electron chi connectivity index (χ1n) is 6.06. The highest BCUT2D eigenvalue weighted by Crippen LogP contribution is 2.17. The van der Waals surface area contributed by atoms with Crippen LogP contribution in [0.15, 0.2) is 47.6 Å². The molecule has 0 saturated carbocycles. The maximum Gasteiger partial charge on any atom is 0.170 e. The SMILES string of the molecule is Cc1ccc(OCc2ccc(/C(N)=N/O)cc2)cc1F. The van der Waals surface area contributed by atoms with Crippen molar-refractivity contribution < 1.29 is 14.3 Å². The summed E-state index contributed by atoms with van der Waals surface area (Å²) < 4.78 is 18.9. The van der Waals surface area contributed by atoms with Crippen molar-refractivity contribution >= 4 is 5.84 Å². The van der Waals surface area contributed by atoms with Crippen LogP contribution in [0.1, 0.15) is 16.7 Å². The molecule has 0 aliphatic carbocycles. The molecule has 20 heavy (non-hydrogen) atoms. The molecule has 0 atom stereocenters. The minimum Gasteiger partial charge on any atom is -0.489 e. The Labute approximate surface area is 116 Å². The first-order chi connectivity index (χ1) is 9.60. The molecule has 0 bridgehead atoms. The van der Waals surface area contributed by atoms with Crippen LogP contribution in [0.25, 0.3) is 0 Å². The first kappa shape index (κ1) is 13.9. The summed E-state index contributed by atoms with van der Waals surface area (Å²) in [6.45, 7) is 2.02. The van der Waals surface area contributed by atoms with E-state index in [9.17, 15) is 4.39 Å². The number of halogens is 1. The molecule has 4 nitrogen and oxygen atoms in total. The number of oxime groups is 1. The van der Waals surface area contributed by atoms with E-state index in [4.69, 9.17) is 15.7 Å². The van der Waals surface area contributed by atoms with Gasteiger partial charge in [0.05, 0.1) is 0 Å². The van der Waals surface area contributed by atoms with E-state index in [0.29, 0.717) is 23.5 Å². The Hall–Kier alpha value is -2.56. The first-order valence-corrected chi connectivity index (χ1v) is 6.06. The lowest BCUT2D eigenvalue weighted by Crippen LogP contribution is -2.12. The van der Waals surface area contributed by atoms with Crippen LogP contribution in [0.2, 0.25) is 0 Å². The summed E-state index contributed by atoms with van der Waals surface area (Å²) in [5.41, 5.74) is 7.58. The van der Waals surface area contributed by atoms with E-state index in [1.807, 2.05) is 0 Å². The highest BCUT2D eigenvalue weighted by Gasteiger charge is 2.02. The van der Waals surface area contributed by atoms with Crippen molar-refractivity contribution in [2.24, 2.45) is 10.9 Å². The smallest absolute Gasteiger partial charge is 0.170 e. The highest BCUT2D eigenvalue weighted by atomic mass is 19.1. The molecule has 0 amide bonds. The fourth-order valence-corrected chi connectivity index (χ4v) is 1.66. The maximum atomic E-state index is 13.4. The third-order valence-corrected chi connectivity index (χ3v) is 2.91. The molecule has 0 aliphatic heterocycles. The van der Waals surface area contributed by atoms with Crippen molar-refractivity contribution in [3.63, 3.8) is 0 Å². The van der Waals surface area contributed by atoms with Gasteiger partial charge in [-0.2, -0.15) is 0 Å². The lowest BCUT2D eigenvalue weighted by molar-refractivity contribution is 0.304. The van der Waals surface area contributed by atoms with Crippen molar-refractivity contribution in [2.45, 2.75) is 13.5 Å². The van der Waals surface area contributed by atoms with Gasteiger partial charge in [-0.25, -0.2) is 4.39 Å². The predicted molar refractivity (Wildman–Crippen MR) is 74.4 cm³/mol. The minimum absolute atomic E-state index is 0.0538. The van der Waals surface area contributed by atoms with E-state index in [-0.39, 0.29) is 11.7 Å². The van der Waals surface area contributed by atoms with Crippen molar-refractivity contribution in [1.29, 1.82) is 0 Å². The van der Waals surface area contributed by atoms with Crippen LogP contribution in [0.5, 0.6) is 5.75 Å². The number of benzene rings is 2. The largest absolute Gasteiger partial charge is 0.489 e. The molecular weight excluding hydrogens is 259 g/mol. The molecule has 5 heteroatoms. The second-order valence-corrected chi connectivity index (χ2v) is 4.38. The minimum atomic E-state index is -0.287. The number of ether oxygens (including phenoxy) is 1. The van der Waals surface area contributed by atoms with Crippen molar-refractivity contribution in [2.75, 3.05) is 0 Å². The zero-order chi connectivity index (χ0) is 14.5. The third-order valence-electron chi connectivity index (χ3n) is 2.91. The number of hydrogen-bond donors (Lipinski definition) is 2. The van der Waals surface area contributed by atoms with E-state index < -0.39 is 0 Å². The standard InChI is InChI=1S/C15H15FN2O2/c1-10-2-7-13(8-14(10)16)20-9-11-3-5-12(6-4-11)15(17)18-19/h2-8,19H,9H2,1H3,(H2,17,18). The van der Waals surface area contributed by atoms with Gasteiger partial charge >= 0.3 is 0 Å². The molecule has 3 N–H and O–H groups in total. The Balaban J connectivity index is 2.02. The maximum absolute atomic E-state index is 13.4. The Morgan fingerprint density at radius 1 is 1.25 bits per heavy atom. The van der Waals surface area contributed by atoms with Gasteiger partial charge in [0.15, 0.2) is 5.84 Å². The summed E-state index contributed by atoms with van der Waals surface area (Å²) in [6.07, 6.45) is 0. The van der Waals surface area contributed by atoms with Crippen LogP contribution in [-0.2, 0) is 6.61 Å². The molecule has 2 aromatic rings. The summed E-state index contributed by atoms with van der Waals surface area (Å²) in [6, 6.07) is 11.8. The average molecular weight is 274 g/mol. The fraction of sp³-hybridized carbons (Fsp3) is 0.133. The Bertz CT molecular complexity index is 624. The molecule has 0 unspecified atom stereocenters. The van der Waals surface area contributed by atoms with Gasteiger partial charge < -0.3 is 15.7 Å². The second-order valence-electron chi connectivity index (χ2n) is 4.38. The average Bonchev–Trinajstić information content (AvgIpc) is 2.48. The van der Waals surface area contributed by atoms with Crippen LogP contribution in [0.3, 0.4) is 0 Å². The number of nitrogens with zero attached hydrogens (tertiary/aromatic N) is 1. The van der Waals surface area contributed by atoms with E-state index in [0.717, 1.165) is 5.56 Å². The quantitative estimate of drug-likeness (QED) is 0.390. The van der Waals surface area contributed by atoms with Crippen molar-refractivity contribution in [3.8, 4) is 5.75 Å². The monoisotopic (exact) mass is 274 g/mol. The van der Waals surface area contributed by atoms with Crippen LogP contribution >= 0.6 is 0 Å². The van der Waals surface area contributed by atoms with Gasteiger partial charge in [-0.15, -0.1) is 0 Å². The molecule has 104 valence electrons. The topological polar surface area (TPSA) is 67.8 Å². The summed E-state index contributed by atoms with van der Waals surface area (Å²) in [7, 11) is 0. The molecule has 0 spiro atoms. The van der Waals surface area contributed by atoms with Gasteiger partial charge in [0.25, 0.3) is 0 Å². The lowest BCUT2D eigenvalue weighted by atomic mass is 10.1. The van der Waals surface area contributed by atoms with E-state index in [2.05, 4.69) is 5.16 Å². The number of amidine groups is 1. The zero-order valence-corrected chi connectivity index (χ0v) is 11.0. The van der Waals surface area contributed by atoms with E-state index in [1.165, 1.54) is 6.07 Å². The van der Waals surface area contributed by atoms with Crippen LogP contribution in [-0.4, -0.2) is 11.0 Å². The predicted octanol–water partition coefficient (Wildman–Crippen LogP) is 2.81. The van der Waals surface area contributed by atoms with Gasteiger partial charge in [0, 0.05) is 11.6 Å². The molecule has 0 saturated heterocycles. The van der Waals surface area contributed by atoms with Gasteiger partial charge in [0.1, 0.15) is 18.2 Å². The molecule has 0 radical (unpaired) electrons. The molecule has 0 fully saturated rings. The van der Waals surface area contributed by atoms with Gasteiger partial charge in [-0.1, -0.05) is 35.5 Å². The molecule has 0 aromatic heterocycles. The van der Waals surface area contributed by atoms with Gasteiger partial charge in [0.2, 0.25) is 0 Å². The summed E-state index contributed by atoms with van der Waals surface area (Å²) in [5.74, 6) is 0.247. The second kappa shape index (κ2) is 6.06. The molecular formula is C15H15FN2O2. The normalized spacial score (nSPS) is 11.4. The Morgan fingerprint density at radius 2 is 1.95 bits per heavy atom. The van der Waals surface area contributed by atoms with Gasteiger partial charge in [-0.05, 0) is 24.1 Å². The highest BCUT2D eigenvalue weighted by molar-refractivity contribution is 5.96. The summed E-state index contributed by atoms with van der Waals surface area (Å²) in [4.78, 5) is 0. The molecule has 0 heterocycles. The lowest BCUT2D eigenvalue weighted by Gasteiger charge is -2.08. The Morgan fingerprint density at radius 3 is 2.55 bits per heavy atom. The number of nitrogens with two attached hydrogens (primary N) is 1. The van der Waals surface area contributed by atoms with Crippen LogP contribution in [0.4, 0.5) is 4.39 Å². The number of hydrogen-bond acceptors (Lipinski definition) is 3. The van der Waals surface area contributed by atoms with Crippen LogP contribution < -0.4 is 10.5 Å². The third kappa shape index (κ3) is 3.26. The number of rotatable bonds is 4. The zero-order valence-electron chi connectivity index (χ0n) is 11.0. The van der Waals surface area contributed by atoms with Crippen molar-refractivity contribution in [1.82, 2.24) is 0 Å². The Kier molecular flexibility index (Phi) is 4.20. The molecule has 2 aromatic carbocycles. The molecule has 2 rings (SSSR count). The number of aryl methyl sites for hydroxylation is 1.